The summed E-state index contributed by atoms with van der Waals surface area (Å²) in [6.45, 7) is 7.37. The number of rotatable bonds is 4. The lowest BCUT2D eigenvalue weighted by Crippen LogP contribution is -2.37. The van der Waals surface area contributed by atoms with Crippen LogP contribution in [0, 0.1) is 0 Å². The molecule has 0 aliphatic carbocycles. The van der Waals surface area contributed by atoms with Crippen LogP contribution in [-0.4, -0.2) is 31.9 Å². The quantitative estimate of drug-likeness (QED) is 0.919. The van der Waals surface area contributed by atoms with Gasteiger partial charge in [-0.15, -0.1) is 15.3 Å². The van der Waals surface area contributed by atoms with E-state index >= 15 is 0 Å². The van der Waals surface area contributed by atoms with Gasteiger partial charge >= 0.3 is 0 Å². The Hall–Kier alpha value is -0.920. The Morgan fingerprint density at radius 2 is 2.06 bits per heavy atom. The molecule has 2 aromatic rings. The summed E-state index contributed by atoms with van der Waals surface area (Å²) >= 11 is 2.91. The van der Waals surface area contributed by atoms with E-state index in [0.717, 1.165) is 28.7 Å². The van der Waals surface area contributed by atoms with Gasteiger partial charge in [0.1, 0.15) is 10.7 Å². The summed E-state index contributed by atoms with van der Waals surface area (Å²) in [5.74, 6) is 0. The van der Waals surface area contributed by atoms with E-state index in [1.807, 2.05) is 5.38 Å². The molecule has 0 aliphatic rings. The molecule has 0 unspecified atom stereocenters. The van der Waals surface area contributed by atoms with Gasteiger partial charge in [0.15, 0.2) is 5.01 Å². The molecule has 0 atom stereocenters. The normalized spacial score (nSPS) is 11.9. The third-order valence-corrected chi connectivity index (χ3v) is 3.55. The maximum Gasteiger partial charge on any atom is 0.169 e. The van der Waals surface area contributed by atoms with Crippen molar-refractivity contribution in [1.29, 1.82) is 0 Å². The van der Waals surface area contributed by atoms with Crippen molar-refractivity contribution in [2.75, 3.05) is 6.54 Å². The lowest BCUT2D eigenvalue weighted by molar-refractivity contribution is 0.429. The molecule has 5 nitrogen and oxygen atoms in total. The van der Waals surface area contributed by atoms with Gasteiger partial charge in [0, 0.05) is 23.9 Å². The van der Waals surface area contributed by atoms with Gasteiger partial charge in [-0.2, -0.15) is 0 Å². The van der Waals surface area contributed by atoms with Gasteiger partial charge in [0.05, 0.1) is 0 Å². The lowest BCUT2D eigenvalue weighted by Gasteiger charge is -2.19. The number of nitrogens with one attached hydrogen (secondary N) is 1. The van der Waals surface area contributed by atoms with Gasteiger partial charge < -0.3 is 5.32 Å². The van der Waals surface area contributed by atoms with Crippen molar-refractivity contribution >= 4 is 22.9 Å². The van der Waals surface area contributed by atoms with E-state index in [-0.39, 0.29) is 5.54 Å². The summed E-state index contributed by atoms with van der Waals surface area (Å²) in [5, 5.41) is 19.5. The molecule has 0 aliphatic heterocycles. The van der Waals surface area contributed by atoms with Crippen LogP contribution < -0.4 is 5.32 Å². The fourth-order valence-corrected chi connectivity index (χ4v) is 2.57. The van der Waals surface area contributed by atoms with E-state index in [1.165, 1.54) is 11.5 Å². The van der Waals surface area contributed by atoms with Crippen LogP contribution in [0.2, 0.25) is 0 Å². The second-order valence-electron chi connectivity index (χ2n) is 4.72. The second-order valence-corrected chi connectivity index (χ2v) is 6.39. The molecule has 0 aromatic carbocycles. The highest BCUT2D eigenvalue weighted by atomic mass is 32.1. The first-order valence-corrected chi connectivity index (χ1v) is 7.05. The zero-order chi connectivity index (χ0) is 12.3. The highest BCUT2D eigenvalue weighted by Gasteiger charge is 2.11. The number of hydrogen-bond donors (Lipinski definition) is 1. The minimum Gasteiger partial charge on any atom is -0.312 e. The van der Waals surface area contributed by atoms with Crippen LogP contribution in [0.15, 0.2) is 5.38 Å². The molecule has 0 fully saturated rings. The van der Waals surface area contributed by atoms with Crippen molar-refractivity contribution in [2.24, 2.45) is 0 Å². The monoisotopic (exact) mass is 269 g/mol. The van der Waals surface area contributed by atoms with Crippen LogP contribution in [-0.2, 0) is 6.42 Å². The first kappa shape index (κ1) is 12.5. The minimum absolute atomic E-state index is 0.145. The molecule has 1 N–H and O–H groups in total. The molecule has 0 saturated carbocycles. The Labute approximate surface area is 108 Å². The second kappa shape index (κ2) is 5.16. The summed E-state index contributed by atoms with van der Waals surface area (Å²) < 4.78 is 3.82. The largest absolute Gasteiger partial charge is 0.312 e. The molecule has 2 aromatic heterocycles. The van der Waals surface area contributed by atoms with Crippen LogP contribution in [0.5, 0.6) is 0 Å². The highest BCUT2D eigenvalue weighted by molar-refractivity contribution is 7.15. The topological polar surface area (TPSA) is 63.6 Å². The molecular formula is C10H15N5S2. The SMILES string of the molecule is CC(C)(C)NCCc1nnc(-c2csnn2)s1. The van der Waals surface area contributed by atoms with Crippen molar-refractivity contribution in [3.8, 4) is 10.7 Å². The summed E-state index contributed by atoms with van der Waals surface area (Å²) in [7, 11) is 0. The summed E-state index contributed by atoms with van der Waals surface area (Å²) in [6, 6.07) is 0. The van der Waals surface area contributed by atoms with Gasteiger partial charge in [-0.05, 0) is 32.3 Å². The average molecular weight is 269 g/mol. The molecule has 17 heavy (non-hydrogen) atoms. The van der Waals surface area contributed by atoms with Crippen molar-refractivity contribution in [2.45, 2.75) is 32.7 Å². The standard InChI is InChI=1S/C10H15N5S2/c1-10(2,3)11-5-4-8-13-14-9(17-8)7-6-16-15-12-7/h6,11H,4-5H2,1-3H3. The van der Waals surface area contributed by atoms with E-state index < -0.39 is 0 Å². The molecule has 0 saturated heterocycles. The first-order chi connectivity index (χ1) is 8.04. The molecule has 0 bridgehead atoms. The molecular weight excluding hydrogens is 254 g/mol. The van der Waals surface area contributed by atoms with Crippen molar-refractivity contribution in [1.82, 2.24) is 25.1 Å². The zero-order valence-electron chi connectivity index (χ0n) is 10.1. The summed E-state index contributed by atoms with van der Waals surface area (Å²) in [4.78, 5) is 0. The Morgan fingerprint density at radius 3 is 2.71 bits per heavy atom. The lowest BCUT2D eigenvalue weighted by atomic mass is 10.1. The van der Waals surface area contributed by atoms with E-state index in [1.54, 1.807) is 11.3 Å². The maximum atomic E-state index is 4.16. The van der Waals surface area contributed by atoms with Crippen LogP contribution in [0.3, 0.4) is 0 Å². The van der Waals surface area contributed by atoms with E-state index in [0.29, 0.717) is 0 Å². The Balaban J connectivity index is 1.91. The summed E-state index contributed by atoms with van der Waals surface area (Å²) in [6.07, 6.45) is 0.895. The fourth-order valence-electron chi connectivity index (χ4n) is 1.26. The van der Waals surface area contributed by atoms with Crippen LogP contribution in [0.25, 0.3) is 10.7 Å². The molecule has 0 spiro atoms. The Kier molecular flexibility index (Phi) is 3.80. The zero-order valence-corrected chi connectivity index (χ0v) is 11.7. The maximum absolute atomic E-state index is 4.16. The van der Waals surface area contributed by atoms with Crippen LogP contribution >= 0.6 is 22.9 Å². The predicted molar refractivity (Wildman–Crippen MR) is 70.3 cm³/mol. The van der Waals surface area contributed by atoms with E-state index in [9.17, 15) is 0 Å². The van der Waals surface area contributed by atoms with Gasteiger partial charge in [-0.1, -0.05) is 15.8 Å². The minimum atomic E-state index is 0.145. The Morgan fingerprint density at radius 1 is 1.24 bits per heavy atom. The highest BCUT2D eigenvalue weighted by Crippen LogP contribution is 2.22. The van der Waals surface area contributed by atoms with Crippen LogP contribution in [0.4, 0.5) is 0 Å². The van der Waals surface area contributed by atoms with Gasteiger partial charge in [-0.25, -0.2) is 0 Å². The predicted octanol–water partition coefficient (Wildman–Crippen LogP) is 1.99. The molecule has 7 heteroatoms. The molecule has 0 amide bonds. The number of aromatic nitrogens is 4. The van der Waals surface area contributed by atoms with Gasteiger partial charge in [0.2, 0.25) is 0 Å². The van der Waals surface area contributed by atoms with Crippen LogP contribution in [0.1, 0.15) is 25.8 Å². The molecule has 92 valence electrons. The number of nitrogens with zero attached hydrogens (tertiary/aromatic N) is 4. The summed E-state index contributed by atoms with van der Waals surface area (Å²) in [5.41, 5.74) is 0.967. The van der Waals surface area contributed by atoms with E-state index in [2.05, 4.69) is 45.9 Å². The van der Waals surface area contributed by atoms with Gasteiger partial charge in [0.25, 0.3) is 0 Å². The van der Waals surface area contributed by atoms with Crippen molar-refractivity contribution < 1.29 is 0 Å². The third kappa shape index (κ3) is 3.79. The smallest absolute Gasteiger partial charge is 0.169 e. The Bertz CT molecular complexity index is 457. The molecule has 0 radical (unpaired) electrons. The first-order valence-electron chi connectivity index (χ1n) is 5.39. The van der Waals surface area contributed by atoms with Crippen molar-refractivity contribution in [3.05, 3.63) is 10.4 Å². The molecule has 2 rings (SSSR count). The third-order valence-electron chi connectivity index (χ3n) is 2.04. The van der Waals surface area contributed by atoms with Gasteiger partial charge in [-0.3, -0.25) is 0 Å². The molecule has 2 heterocycles. The van der Waals surface area contributed by atoms with Crippen molar-refractivity contribution in [3.63, 3.8) is 0 Å². The fraction of sp³-hybridized carbons (Fsp3) is 0.600. The van der Waals surface area contributed by atoms with E-state index in [4.69, 9.17) is 0 Å². The average Bonchev–Trinajstić information content (AvgIpc) is 2.83. The number of hydrogen-bond acceptors (Lipinski definition) is 7.